The molecule has 2 aromatic carbocycles. The molecule has 1 aliphatic rings. The second-order valence-electron chi connectivity index (χ2n) is 4.43. The van der Waals surface area contributed by atoms with Gasteiger partial charge in [0.05, 0.1) is 13.2 Å². The van der Waals surface area contributed by atoms with E-state index in [-0.39, 0.29) is 0 Å². The van der Waals surface area contributed by atoms with E-state index in [1.165, 1.54) is 10.5 Å². The zero-order chi connectivity index (χ0) is 13.2. The lowest BCUT2D eigenvalue weighted by molar-refractivity contribution is 0.414. The van der Waals surface area contributed by atoms with Gasteiger partial charge in [0.25, 0.3) is 0 Å². The lowest BCUT2D eigenvalue weighted by Crippen LogP contribution is -2.09. The largest absolute Gasteiger partial charge is 0.497 e. The van der Waals surface area contributed by atoms with E-state index in [9.17, 15) is 0 Å². The van der Waals surface area contributed by atoms with Crippen LogP contribution in [-0.4, -0.2) is 12.9 Å². The third kappa shape index (κ3) is 2.74. The van der Waals surface area contributed by atoms with Gasteiger partial charge >= 0.3 is 0 Å². The van der Waals surface area contributed by atoms with Crippen LogP contribution in [0.25, 0.3) is 0 Å². The Morgan fingerprint density at radius 1 is 1.26 bits per heavy atom. The van der Waals surface area contributed by atoms with E-state index < -0.39 is 0 Å². The number of hydrogen-bond acceptors (Lipinski definition) is 3. The van der Waals surface area contributed by atoms with Crippen LogP contribution in [0.5, 0.6) is 5.75 Å². The molecule has 1 N–H and O–H groups in total. The number of anilines is 1. The van der Waals surface area contributed by atoms with Crippen LogP contribution in [0, 0.1) is 0 Å². The Morgan fingerprint density at radius 3 is 2.95 bits per heavy atom. The molecular formula is C15H14BrNOS. The minimum atomic E-state index is 0.361. The second kappa shape index (κ2) is 5.47. The molecule has 0 aromatic heterocycles. The zero-order valence-electron chi connectivity index (χ0n) is 10.5. The molecule has 0 saturated carbocycles. The van der Waals surface area contributed by atoms with Crippen LogP contribution >= 0.6 is 27.7 Å². The standard InChI is InChI=1S/C15H14BrNOS/c1-18-12-7-10(16)6-11(8-12)17-14-9-19-15-5-3-2-4-13(14)15/h2-8,14,17H,9H2,1H3. The van der Waals surface area contributed by atoms with E-state index in [1.54, 1.807) is 7.11 Å². The van der Waals surface area contributed by atoms with E-state index in [2.05, 4.69) is 51.6 Å². The van der Waals surface area contributed by atoms with Gasteiger partial charge in [0, 0.05) is 26.9 Å². The van der Waals surface area contributed by atoms with Crippen molar-refractivity contribution in [1.29, 1.82) is 0 Å². The highest BCUT2D eigenvalue weighted by Crippen LogP contribution is 2.40. The molecule has 98 valence electrons. The Bertz CT molecular complexity index is 602. The first kappa shape index (κ1) is 12.9. The Labute approximate surface area is 125 Å². The first-order chi connectivity index (χ1) is 9.26. The number of ether oxygens (including phenoxy) is 1. The maximum atomic E-state index is 5.29. The van der Waals surface area contributed by atoms with Crippen LogP contribution < -0.4 is 10.1 Å². The second-order valence-corrected chi connectivity index (χ2v) is 6.40. The fourth-order valence-electron chi connectivity index (χ4n) is 2.25. The molecule has 1 aliphatic heterocycles. The minimum Gasteiger partial charge on any atom is -0.497 e. The molecule has 1 heterocycles. The maximum absolute atomic E-state index is 5.29. The van der Waals surface area contributed by atoms with Gasteiger partial charge in [-0.3, -0.25) is 0 Å². The Kier molecular flexibility index (Phi) is 3.71. The van der Waals surface area contributed by atoms with Gasteiger partial charge in [-0.05, 0) is 23.8 Å². The first-order valence-corrected chi connectivity index (χ1v) is 7.87. The number of hydrogen-bond donors (Lipinski definition) is 1. The summed E-state index contributed by atoms with van der Waals surface area (Å²) in [7, 11) is 1.69. The minimum absolute atomic E-state index is 0.361. The highest BCUT2D eigenvalue weighted by molar-refractivity contribution is 9.10. The van der Waals surface area contributed by atoms with Crippen molar-refractivity contribution in [3.05, 3.63) is 52.5 Å². The molecule has 0 amide bonds. The van der Waals surface area contributed by atoms with Gasteiger partial charge in [0.2, 0.25) is 0 Å². The fraction of sp³-hybridized carbons (Fsp3) is 0.200. The van der Waals surface area contributed by atoms with Gasteiger partial charge in [0.1, 0.15) is 5.75 Å². The van der Waals surface area contributed by atoms with Crippen molar-refractivity contribution in [3.63, 3.8) is 0 Å². The molecular weight excluding hydrogens is 322 g/mol. The summed E-state index contributed by atoms with van der Waals surface area (Å²) in [5.74, 6) is 1.92. The van der Waals surface area contributed by atoms with Crippen molar-refractivity contribution in [3.8, 4) is 5.75 Å². The third-order valence-electron chi connectivity index (χ3n) is 3.15. The number of halogens is 1. The van der Waals surface area contributed by atoms with E-state index in [1.807, 2.05) is 23.9 Å². The van der Waals surface area contributed by atoms with Crippen molar-refractivity contribution in [1.82, 2.24) is 0 Å². The average molecular weight is 336 g/mol. The number of nitrogens with one attached hydrogen (secondary N) is 1. The van der Waals surface area contributed by atoms with Crippen LogP contribution in [-0.2, 0) is 0 Å². The third-order valence-corrected chi connectivity index (χ3v) is 4.79. The summed E-state index contributed by atoms with van der Waals surface area (Å²) in [6.45, 7) is 0. The summed E-state index contributed by atoms with van der Waals surface area (Å²) >= 11 is 5.41. The molecule has 1 atom stereocenters. The summed E-state index contributed by atoms with van der Waals surface area (Å²) in [4.78, 5) is 1.38. The number of rotatable bonds is 3. The van der Waals surface area contributed by atoms with Crippen molar-refractivity contribution >= 4 is 33.4 Å². The lowest BCUT2D eigenvalue weighted by atomic mass is 10.1. The quantitative estimate of drug-likeness (QED) is 0.877. The number of thioether (sulfide) groups is 1. The molecule has 0 fully saturated rings. The monoisotopic (exact) mass is 335 g/mol. The van der Waals surface area contributed by atoms with Gasteiger partial charge in [-0.2, -0.15) is 0 Å². The van der Waals surface area contributed by atoms with Crippen LogP contribution in [0.3, 0.4) is 0 Å². The van der Waals surface area contributed by atoms with Gasteiger partial charge in [-0.15, -0.1) is 11.8 Å². The fourth-order valence-corrected chi connectivity index (χ4v) is 3.88. The molecule has 0 saturated heterocycles. The summed E-state index contributed by atoms with van der Waals surface area (Å²) in [6, 6.07) is 15.0. The summed E-state index contributed by atoms with van der Waals surface area (Å²) in [6.07, 6.45) is 0. The zero-order valence-corrected chi connectivity index (χ0v) is 12.9. The smallest absolute Gasteiger partial charge is 0.122 e. The molecule has 0 radical (unpaired) electrons. The first-order valence-electron chi connectivity index (χ1n) is 6.09. The Balaban J connectivity index is 1.85. The lowest BCUT2D eigenvalue weighted by Gasteiger charge is -2.16. The Hall–Kier alpha value is -1.13. The van der Waals surface area contributed by atoms with Crippen LogP contribution in [0.15, 0.2) is 51.8 Å². The topological polar surface area (TPSA) is 21.3 Å². The van der Waals surface area contributed by atoms with E-state index in [0.29, 0.717) is 6.04 Å². The highest BCUT2D eigenvalue weighted by Gasteiger charge is 2.22. The van der Waals surface area contributed by atoms with Gasteiger partial charge < -0.3 is 10.1 Å². The molecule has 2 aromatic rings. The van der Waals surface area contributed by atoms with Crippen molar-refractivity contribution in [2.45, 2.75) is 10.9 Å². The number of fused-ring (bicyclic) bond motifs is 1. The van der Waals surface area contributed by atoms with E-state index in [4.69, 9.17) is 4.74 Å². The van der Waals surface area contributed by atoms with E-state index >= 15 is 0 Å². The Morgan fingerprint density at radius 2 is 2.11 bits per heavy atom. The van der Waals surface area contributed by atoms with Gasteiger partial charge in [0.15, 0.2) is 0 Å². The predicted molar refractivity (Wildman–Crippen MR) is 84.2 cm³/mol. The molecule has 19 heavy (non-hydrogen) atoms. The van der Waals surface area contributed by atoms with Crippen LogP contribution in [0.2, 0.25) is 0 Å². The van der Waals surface area contributed by atoms with Crippen molar-refractivity contribution < 1.29 is 4.74 Å². The van der Waals surface area contributed by atoms with Crippen LogP contribution in [0.4, 0.5) is 5.69 Å². The average Bonchev–Trinajstić information content (AvgIpc) is 2.82. The van der Waals surface area contributed by atoms with Gasteiger partial charge in [-0.25, -0.2) is 0 Å². The molecule has 2 nitrogen and oxygen atoms in total. The van der Waals surface area contributed by atoms with Crippen molar-refractivity contribution in [2.75, 3.05) is 18.2 Å². The summed E-state index contributed by atoms with van der Waals surface area (Å²) < 4.78 is 6.32. The molecule has 3 rings (SSSR count). The van der Waals surface area contributed by atoms with Crippen LogP contribution in [0.1, 0.15) is 11.6 Å². The van der Waals surface area contributed by atoms with Gasteiger partial charge in [-0.1, -0.05) is 34.1 Å². The normalized spacial score (nSPS) is 17.1. The van der Waals surface area contributed by atoms with E-state index in [0.717, 1.165) is 21.7 Å². The molecule has 0 bridgehead atoms. The SMILES string of the molecule is COc1cc(Br)cc(NC2CSc3ccccc32)c1. The highest BCUT2D eigenvalue weighted by atomic mass is 79.9. The maximum Gasteiger partial charge on any atom is 0.122 e. The predicted octanol–water partition coefficient (Wildman–Crippen LogP) is 4.72. The number of benzene rings is 2. The van der Waals surface area contributed by atoms with Crippen molar-refractivity contribution in [2.24, 2.45) is 0 Å². The summed E-state index contributed by atoms with van der Waals surface area (Å²) in [5, 5.41) is 3.58. The molecule has 1 unspecified atom stereocenters. The summed E-state index contributed by atoms with van der Waals surface area (Å²) in [5.41, 5.74) is 2.46. The number of methoxy groups -OCH3 is 1. The molecule has 0 spiro atoms. The molecule has 0 aliphatic carbocycles. The molecule has 4 heteroatoms.